The topological polar surface area (TPSA) is 144 Å². The number of fused-ring (bicyclic) bond motifs is 1. The van der Waals surface area contributed by atoms with E-state index in [1.165, 1.54) is 30.3 Å². The number of halogens is 1. The van der Waals surface area contributed by atoms with Crippen LogP contribution in [0.5, 0.6) is 11.6 Å². The maximum absolute atomic E-state index is 14.6. The van der Waals surface area contributed by atoms with Gasteiger partial charge in [0.2, 0.25) is 15.9 Å². The van der Waals surface area contributed by atoms with Crippen molar-refractivity contribution in [3.05, 3.63) is 42.9 Å². The number of carbonyl (C=O) groups is 3. The highest BCUT2D eigenvalue weighted by Crippen LogP contribution is 2.39. The molecule has 2 aliphatic carbocycles. The molecule has 4 unspecified atom stereocenters. The minimum atomic E-state index is -3.95. The lowest BCUT2D eigenvalue weighted by atomic mass is 10.1. The van der Waals surface area contributed by atoms with Crippen LogP contribution in [0.3, 0.4) is 0 Å². The molecular weight excluding hydrogens is 583 g/mol. The van der Waals surface area contributed by atoms with Crippen LogP contribution in [-0.4, -0.2) is 83.9 Å². The molecule has 5 rings (SSSR count). The maximum atomic E-state index is 14.6. The standard InChI is InChI=1S/C29H35FN4O8S/c1-6-16-11-22(16)34(27(36)32-43(38,39)19-7-8-19)26(35)23-13-18(15-33(23)28(37)42-29(2,3)4)41-25-20-14-21(30)24(40-5)12-17(20)9-10-31-25/h6,9-10,12,14,16,18-19,22-23H,1,7-8,11,13,15H2,2-5H3,(H,32,36). The molecule has 4 amide bonds. The van der Waals surface area contributed by atoms with Crippen molar-refractivity contribution in [2.75, 3.05) is 13.7 Å². The van der Waals surface area contributed by atoms with Gasteiger partial charge >= 0.3 is 12.1 Å². The summed E-state index contributed by atoms with van der Waals surface area (Å²) in [6, 6.07) is 1.50. The van der Waals surface area contributed by atoms with Crippen molar-refractivity contribution >= 4 is 38.8 Å². The average Bonchev–Trinajstić information content (AvgIpc) is 3.85. The van der Waals surface area contributed by atoms with Crippen LogP contribution in [0.4, 0.5) is 14.0 Å². The summed E-state index contributed by atoms with van der Waals surface area (Å²) in [5.41, 5.74) is -0.892. The number of aromatic nitrogens is 1. The van der Waals surface area contributed by atoms with Gasteiger partial charge < -0.3 is 14.2 Å². The Balaban J connectivity index is 1.44. The van der Waals surface area contributed by atoms with Gasteiger partial charge in [-0.25, -0.2) is 32.1 Å². The smallest absolute Gasteiger partial charge is 0.411 e. The van der Waals surface area contributed by atoms with Gasteiger partial charge in [-0.05, 0) is 69.5 Å². The van der Waals surface area contributed by atoms with E-state index in [4.69, 9.17) is 14.2 Å². The van der Waals surface area contributed by atoms with Crippen LogP contribution in [0.15, 0.2) is 37.1 Å². The first-order valence-electron chi connectivity index (χ1n) is 14.0. The van der Waals surface area contributed by atoms with Crippen molar-refractivity contribution in [2.24, 2.45) is 5.92 Å². The molecule has 1 aliphatic heterocycles. The number of imide groups is 1. The number of sulfonamides is 1. The number of benzene rings is 1. The molecule has 0 bridgehead atoms. The number of rotatable bonds is 8. The fourth-order valence-electron chi connectivity index (χ4n) is 5.15. The van der Waals surface area contributed by atoms with Gasteiger partial charge in [0.15, 0.2) is 11.6 Å². The first-order valence-corrected chi connectivity index (χ1v) is 15.6. The lowest BCUT2D eigenvalue weighted by Gasteiger charge is -2.30. The molecular formula is C29H35FN4O8S. The van der Waals surface area contributed by atoms with Gasteiger partial charge in [0.1, 0.15) is 17.7 Å². The Morgan fingerprint density at radius 1 is 1.21 bits per heavy atom. The molecule has 0 spiro atoms. The molecule has 1 saturated heterocycles. The first kappa shape index (κ1) is 30.5. The third-order valence-electron chi connectivity index (χ3n) is 7.54. The van der Waals surface area contributed by atoms with E-state index in [0.29, 0.717) is 30.0 Å². The van der Waals surface area contributed by atoms with E-state index < -0.39 is 62.9 Å². The summed E-state index contributed by atoms with van der Waals surface area (Å²) in [7, 11) is -2.60. The molecule has 4 atom stereocenters. The van der Waals surface area contributed by atoms with Gasteiger partial charge in [-0.15, -0.1) is 6.58 Å². The van der Waals surface area contributed by atoms with Crippen LogP contribution >= 0.6 is 0 Å². The molecule has 12 nitrogen and oxygen atoms in total. The van der Waals surface area contributed by atoms with Crippen LogP contribution in [0.1, 0.15) is 46.5 Å². The predicted octanol–water partition coefficient (Wildman–Crippen LogP) is 3.74. The molecule has 1 N–H and O–H groups in total. The number of pyridine rings is 1. The molecule has 3 fully saturated rings. The molecule has 232 valence electrons. The number of hydrogen-bond acceptors (Lipinski definition) is 9. The molecule has 2 saturated carbocycles. The fraction of sp³-hybridized carbons (Fsp3) is 0.517. The Bertz CT molecular complexity index is 1570. The Morgan fingerprint density at radius 2 is 1.93 bits per heavy atom. The number of ether oxygens (including phenoxy) is 3. The Hall–Kier alpha value is -3.94. The first-order chi connectivity index (χ1) is 20.2. The van der Waals surface area contributed by atoms with Crippen molar-refractivity contribution in [1.82, 2.24) is 19.5 Å². The Morgan fingerprint density at radius 3 is 2.53 bits per heavy atom. The third kappa shape index (κ3) is 6.53. The van der Waals surface area contributed by atoms with E-state index in [2.05, 4.69) is 11.6 Å². The summed E-state index contributed by atoms with van der Waals surface area (Å²) in [5, 5.41) is 0.280. The quantitative estimate of drug-likeness (QED) is 0.438. The number of methoxy groups -OCH3 is 1. The van der Waals surface area contributed by atoms with E-state index in [-0.39, 0.29) is 30.5 Å². The number of likely N-dealkylation sites (tertiary alicyclic amines) is 1. The lowest BCUT2D eigenvalue weighted by Crippen LogP contribution is -2.55. The summed E-state index contributed by atoms with van der Waals surface area (Å²) >= 11 is 0. The van der Waals surface area contributed by atoms with Crippen molar-refractivity contribution in [3.63, 3.8) is 0 Å². The van der Waals surface area contributed by atoms with Gasteiger partial charge in [-0.2, -0.15) is 0 Å². The van der Waals surface area contributed by atoms with Crippen LogP contribution in [0.25, 0.3) is 10.8 Å². The summed E-state index contributed by atoms with van der Waals surface area (Å²) in [6.07, 6.45) is 2.71. The van der Waals surface area contributed by atoms with Gasteiger partial charge in [0.25, 0.3) is 5.91 Å². The van der Waals surface area contributed by atoms with E-state index >= 15 is 0 Å². The third-order valence-corrected chi connectivity index (χ3v) is 9.35. The summed E-state index contributed by atoms with van der Waals surface area (Å²) in [4.78, 5) is 47.0. The molecule has 43 heavy (non-hydrogen) atoms. The number of nitrogens with zero attached hydrogens (tertiary/aromatic N) is 3. The summed E-state index contributed by atoms with van der Waals surface area (Å²) < 4.78 is 58.5. The zero-order valence-corrected chi connectivity index (χ0v) is 25.2. The second-order valence-corrected chi connectivity index (χ2v) is 14.0. The molecule has 2 aromatic rings. The van der Waals surface area contributed by atoms with Gasteiger partial charge in [-0.1, -0.05) is 6.08 Å². The van der Waals surface area contributed by atoms with Crippen LogP contribution < -0.4 is 14.2 Å². The lowest BCUT2D eigenvalue weighted by molar-refractivity contribution is -0.133. The average molecular weight is 619 g/mol. The number of hydrogen-bond donors (Lipinski definition) is 1. The predicted molar refractivity (Wildman–Crippen MR) is 153 cm³/mol. The number of nitrogens with one attached hydrogen (secondary N) is 1. The zero-order chi connectivity index (χ0) is 31.3. The van der Waals surface area contributed by atoms with Crippen molar-refractivity contribution in [2.45, 2.75) is 75.5 Å². The summed E-state index contributed by atoms with van der Waals surface area (Å²) in [6.45, 7) is 8.66. The Kier molecular flexibility index (Phi) is 8.01. The van der Waals surface area contributed by atoms with Crippen LogP contribution in [0.2, 0.25) is 0 Å². The van der Waals surface area contributed by atoms with Crippen LogP contribution in [0, 0.1) is 11.7 Å². The number of urea groups is 1. The second kappa shape index (κ2) is 11.3. The molecule has 14 heteroatoms. The van der Waals surface area contributed by atoms with Crippen LogP contribution in [-0.2, 0) is 19.6 Å². The van der Waals surface area contributed by atoms with Crippen molar-refractivity contribution in [1.29, 1.82) is 0 Å². The molecule has 1 aromatic carbocycles. The van der Waals surface area contributed by atoms with E-state index in [1.54, 1.807) is 32.9 Å². The van der Waals surface area contributed by atoms with E-state index in [0.717, 1.165) is 4.90 Å². The Labute approximate surface area is 249 Å². The largest absolute Gasteiger partial charge is 0.494 e. The maximum Gasteiger partial charge on any atom is 0.411 e. The van der Waals surface area contributed by atoms with Gasteiger partial charge in [-0.3, -0.25) is 14.6 Å². The van der Waals surface area contributed by atoms with E-state index in [9.17, 15) is 27.2 Å². The van der Waals surface area contributed by atoms with Crippen molar-refractivity contribution < 1.29 is 41.4 Å². The highest BCUT2D eigenvalue weighted by atomic mass is 32.2. The minimum absolute atomic E-state index is 0.0484. The van der Waals surface area contributed by atoms with Gasteiger partial charge in [0.05, 0.1) is 18.9 Å². The highest BCUT2D eigenvalue weighted by molar-refractivity contribution is 7.90. The molecule has 0 radical (unpaired) electrons. The zero-order valence-electron chi connectivity index (χ0n) is 24.4. The number of carbonyl (C=O) groups excluding carboxylic acids is 3. The monoisotopic (exact) mass is 618 g/mol. The summed E-state index contributed by atoms with van der Waals surface area (Å²) in [5.74, 6) is -1.47. The molecule has 1 aromatic heterocycles. The van der Waals surface area contributed by atoms with Gasteiger partial charge in [0, 0.05) is 24.0 Å². The van der Waals surface area contributed by atoms with Crippen molar-refractivity contribution in [3.8, 4) is 11.6 Å². The SMILES string of the molecule is C=CC1CC1N(C(=O)NS(=O)(=O)C1CC1)C(=O)C1CC(Oc2nccc3cc(OC)c(F)cc23)CN1C(=O)OC(C)(C)C. The fourth-order valence-corrected chi connectivity index (χ4v) is 6.42. The normalized spacial score (nSPS) is 23.4. The number of amides is 4. The highest BCUT2D eigenvalue weighted by Gasteiger charge is 2.52. The van der Waals surface area contributed by atoms with E-state index in [1.807, 2.05) is 4.72 Å². The molecule has 3 aliphatic rings. The second-order valence-electron chi connectivity index (χ2n) is 12.0. The molecule has 2 heterocycles. The minimum Gasteiger partial charge on any atom is -0.494 e.